The number of hydrogen-bond donors (Lipinski definition) is 2. The third-order valence-electron chi connectivity index (χ3n) is 1.33. The maximum atomic E-state index is 11.9. The summed E-state index contributed by atoms with van der Waals surface area (Å²) in [7, 11) is 0. The number of nitrogens with one attached hydrogen (secondary N) is 1. The van der Waals surface area contributed by atoms with Crippen LogP contribution in [0.5, 0.6) is 0 Å². The molecule has 2 nitrogen and oxygen atoms in total. The summed E-state index contributed by atoms with van der Waals surface area (Å²) in [5.74, 6) is 0. The Bertz CT molecular complexity index is 121. The van der Waals surface area contributed by atoms with Gasteiger partial charge in [-0.3, -0.25) is 0 Å². The van der Waals surface area contributed by atoms with Crippen molar-refractivity contribution in [3.05, 3.63) is 0 Å². The van der Waals surface area contributed by atoms with Gasteiger partial charge in [0.15, 0.2) is 5.60 Å². The number of likely N-dealkylation sites (N-methyl/N-ethyl adjacent to an activating group) is 1. The highest BCUT2D eigenvalue weighted by atomic mass is 19.4. The van der Waals surface area contributed by atoms with E-state index >= 15 is 0 Å². The number of rotatable bonds is 3. The number of hydrogen-bond acceptors (Lipinski definition) is 2. The monoisotopic (exact) mass is 171 g/mol. The molecule has 11 heavy (non-hydrogen) atoms. The van der Waals surface area contributed by atoms with E-state index < -0.39 is 18.3 Å². The summed E-state index contributed by atoms with van der Waals surface area (Å²) >= 11 is 0. The van der Waals surface area contributed by atoms with Crippen molar-refractivity contribution in [1.82, 2.24) is 5.32 Å². The van der Waals surface area contributed by atoms with E-state index in [9.17, 15) is 13.2 Å². The van der Waals surface area contributed by atoms with Crippen molar-refractivity contribution in [1.29, 1.82) is 0 Å². The third kappa shape index (κ3) is 3.07. The first-order valence-electron chi connectivity index (χ1n) is 3.31. The number of alkyl halides is 3. The Balaban J connectivity index is 4.00. The molecule has 0 rings (SSSR count). The molecule has 0 amide bonds. The van der Waals surface area contributed by atoms with E-state index in [1.54, 1.807) is 6.92 Å². The number of halogens is 3. The van der Waals surface area contributed by atoms with E-state index in [4.69, 9.17) is 5.11 Å². The predicted octanol–water partition coefficient (Wildman–Crippen LogP) is 0.909. The van der Waals surface area contributed by atoms with Crippen LogP contribution in [-0.4, -0.2) is 30.0 Å². The maximum Gasteiger partial charge on any atom is 0.418 e. The Labute approximate surface area is 63.4 Å². The first kappa shape index (κ1) is 10.7. The fourth-order valence-corrected chi connectivity index (χ4v) is 0.469. The maximum absolute atomic E-state index is 11.9. The Hall–Kier alpha value is -0.290. The average molecular weight is 171 g/mol. The van der Waals surface area contributed by atoms with E-state index in [1.807, 2.05) is 0 Å². The molecule has 0 aliphatic rings. The molecule has 0 bridgehead atoms. The number of aliphatic hydroxyl groups is 1. The van der Waals surface area contributed by atoms with Crippen molar-refractivity contribution >= 4 is 0 Å². The molecule has 0 spiro atoms. The van der Waals surface area contributed by atoms with Gasteiger partial charge in [0, 0.05) is 6.54 Å². The van der Waals surface area contributed by atoms with Crippen molar-refractivity contribution < 1.29 is 18.3 Å². The van der Waals surface area contributed by atoms with Crippen molar-refractivity contribution in [3.8, 4) is 0 Å². The fraction of sp³-hybridized carbons (Fsp3) is 1.00. The Morgan fingerprint density at radius 3 is 2.09 bits per heavy atom. The fourth-order valence-electron chi connectivity index (χ4n) is 0.469. The molecule has 0 aromatic heterocycles. The normalized spacial score (nSPS) is 18.0. The molecule has 0 aromatic rings. The van der Waals surface area contributed by atoms with Gasteiger partial charge in [0.05, 0.1) is 0 Å². The van der Waals surface area contributed by atoms with E-state index in [-0.39, 0.29) is 0 Å². The molecule has 0 heterocycles. The van der Waals surface area contributed by atoms with Crippen LogP contribution in [0.3, 0.4) is 0 Å². The van der Waals surface area contributed by atoms with Crippen LogP contribution in [0, 0.1) is 0 Å². The van der Waals surface area contributed by atoms with Gasteiger partial charge in [-0.2, -0.15) is 13.2 Å². The first-order chi connectivity index (χ1) is 4.81. The molecule has 0 aliphatic heterocycles. The zero-order valence-corrected chi connectivity index (χ0v) is 6.50. The van der Waals surface area contributed by atoms with E-state index in [0.29, 0.717) is 6.54 Å². The van der Waals surface area contributed by atoms with Crippen LogP contribution in [0.1, 0.15) is 13.8 Å². The van der Waals surface area contributed by atoms with Crippen LogP contribution in [0.4, 0.5) is 13.2 Å². The highest BCUT2D eigenvalue weighted by Gasteiger charge is 2.49. The summed E-state index contributed by atoms with van der Waals surface area (Å²) in [6.07, 6.45) is -4.56. The Kier molecular flexibility index (Phi) is 3.31. The summed E-state index contributed by atoms with van der Waals surface area (Å²) in [5, 5.41) is 11.2. The Morgan fingerprint density at radius 1 is 1.36 bits per heavy atom. The van der Waals surface area contributed by atoms with Crippen molar-refractivity contribution in [3.63, 3.8) is 0 Å². The Morgan fingerprint density at radius 2 is 1.82 bits per heavy atom. The van der Waals surface area contributed by atoms with Gasteiger partial charge in [-0.25, -0.2) is 0 Å². The summed E-state index contributed by atoms with van der Waals surface area (Å²) in [6, 6.07) is 0. The summed E-state index contributed by atoms with van der Waals surface area (Å²) in [6.45, 7) is 2.36. The molecule has 5 heteroatoms. The second kappa shape index (κ2) is 3.40. The molecule has 0 aromatic carbocycles. The molecule has 0 saturated carbocycles. The van der Waals surface area contributed by atoms with Crippen LogP contribution in [-0.2, 0) is 0 Å². The zero-order valence-electron chi connectivity index (χ0n) is 6.50. The highest BCUT2D eigenvalue weighted by molar-refractivity contribution is 4.83. The van der Waals surface area contributed by atoms with E-state index in [0.717, 1.165) is 6.92 Å². The second-order valence-corrected chi connectivity index (χ2v) is 2.55. The molecule has 2 N–H and O–H groups in total. The van der Waals surface area contributed by atoms with Crippen molar-refractivity contribution in [2.75, 3.05) is 13.1 Å². The predicted molar refractivity (Wildman–Crippen MR) is 35.2 cm³/mol. The molecule has 1 unspecified atom stereocenters. The van der Waals surface area contributed by atoms with Gasteiger partial charge in [0.25, 0.3) is 0 Å². The van der Waals surface area contributed by atoms with Gasteiger partial charge in [0.2, 0.25) is 0 Å². The van der Waals surface area contributed by atoms with Gasteiger partial charge >= 0.3 is 6.18 Å². The second-order valence-electron chi connectivity index (χ2n) is 2.55. The van der Waals surface area contributed by atoms with Gasteiger partial charge in [-0.05, 0) is 13.5 Å². The smallest absolute Gasteiger partial charge is 0.380 e. The standard InChI is InChI=1S/C6H12F3NO/c1-3-10-4-5(2,11)6(7,8)9/h10-11H,3-4H2,1-2H3. The third-order valence-corrected chi connectivity index (χ3v) is 1.33. The van der Waals surface area contributed by atoms with E-state index in [2.05, 4.69) is 5.32 Å². The molecular weight excluding hydrogens is 159 g/mol. The molecule has 0 fully saturated rings. The molecule has 0 radical (unpaired) electrons. The van der Waals surface area contributed by atoms with E-state index in [1.165, 1.54) is 0 Å². The van der Waals surface area contributed by atoms with Crippen LogP contribution >= 0.6 is 0 Å². The molecule has 0 saturated heterocycles. The quantitative estimate of drug-likeness (QED) is 0.661. The van der Waals surface area contributed by atoms with Crippen LogP contribution in [0.2, 0.25) is 0 Å². The average Bonchev–Trinajstić information content (AvgIpc) is 1.81. The SMILES string of the molecule is CCNCC(C)(O)C(F)(F)F. The van der Waals surface area contributed by atoms with Crippen LogP contribution < -0.4 is 5.32 Å². The summed E-state index contributed by atoms with van der Waals surface area (Å²) in [5.41, 5.74) is -2.62. The highest BCUT2D eigenvalue weighted by Crippen LogP contribution is 2.28. The largest absolute Gasteiger partial charge is 0.418 e. The molecular formula is C6H12F3NO. The molecule has 1 atom stereocenters. The lowest BCUT2D eigenvalue weighted by molar-refractivity contribution is -0.250. The zero-order chi connectivity index (χ0) is 9.12. The lowest BCUT2D eigenvalue weighted by Gasteiger charge is -2.26. The van der Waals surface area contributed by atoms with Gasteiger partial charge < -0.3 is 10.4 Å². The minimum absolute atomic E-state index is 0.409. The summed E-state index contributed by atoms with van der Waals surface area (Å²) < 4.78 is 35.6. The molecule has 68 valence electrons. The van der Waals surface area contributed by atoms with Gasteiger partial charge in [0.1, 0.15) is 0 Å². The summed E-state index contributed by atoms with van der Waals surface area (Å²) in [4.78, 5) is 0. The van der Waals surface area contributed by atoms with Gasteiger partial charge in [-0.15, -0.1) is 0 Å². The molecule has 0 aliphatic carbocycles. The minimum Gasteiger partial charge on any atom is -0.380 e. The topological polar surface area (TPSA) is 32.3 Å². The first-order valence-corrected chi connectivity index (χ1v) is 3.31. The minimum atomic E-state index is -4.56. The van der Waals surface area contributed by atoms with Gasteiger partial charge in [-0.1, -0.05) is 6.92 Å². The lowest BCUT2D eigenvalue weighted by atomic mass is 10.1. The van der Waals surface area contributed by atoms with Crippen LogP contribution in [0.15, 0.2) is 0 Å². The lowest BCUT2D eigenvalue weighted by Crippen LogP contribution is -2.49. The van der Waals surface area contributed by atoms with Crippen molar-refractivity contribution in [2.45, 2.75) is 25.6 Å². The van der Waals surface area contributed by atoms with Crippen LogP contribution in [0.25, 0.3) is 0 Å². The van der Waals surface area contributed by atoms with Crippen molar-refractivity contribution in [2.24, 2.45) is 0 Å².